The minimum Gasteiger partial charge on any atom is -0.323 e. The van der Waals surface area contributed by atoms with E-state index in [9.17, 15) is 30.4 Å². The van der Waals surface area contributed by atoms with Crippen LogP contribution in [-0.4, -0.2) is 38.5 Å². The molecule has 0 saturated carbocycles. The van der Waals surface area contributed by atoms with Crippen LogP contribution in [0.25, 0.3) is 0 Å². The first kappa shape index (κ1) is 16.0. The number of rotatable bonds is 1. The Morgan fingerprint density at radius 2 is 1.29 bits per heavy atom. The molecule has 0 spiro atoms. The molecule has 0 atom stereocenters. The molecule has 0 radical (unpaired) electrons. The zero-order chi connectivity index (χ0) is 12.2. The van der Waals surface area contributed by atoms with Crippen LogP contribution in [0, 0.1) is 0 Å². The third kappa shape index (κ3) is 4.15. The van der Waals surface area contributed by atoms with E-state index in [2.05, 4.69) is 5.32 Å². The summed E-state index contributed by atoms with van der Waals surface area (Å²) < 4.78 is 82.2. The van der Waals surface area contributed by atoms with Gasteiger partial charge in [-0.1, -0.05) is 0 Å². The van der Waals surface area contributed by atoms with E-state index < -0.39 is 21.5 Å². The van der Waals surface area contributed by atoms with Gasteiger partial charge in [-0.3, -0.25) is 4.55 Å². The summed E-state index contributed by atoms with van der Waals surface area (Å²) in [5, 5.41) is -3.35. The van der Waals surface area contributed by atoms with E-state index in [4.69, 9.17) is 4.55 Å². The number of hydrogen-bond donors (Lipinski definition) is 2. The highest BCUT2D eigenvalue weighted by Crippen LogP contribution is 2.38. The van der Waals surface area contributed by atoms with E-state index >= 15 is 0 Å². The molecular weight excluding hydrogens is 237 g/mol. The second-order valence-electron chi connectivity index (χ2n) is 1.99. The molecule has 14 heavy (non-hydrogen) atoms. The SMILES string of the molecule is CNC.O=S(=O)(O)C(F)(F)C(F)(F)F. The molecule has 4 nitrogen and oxygen atoms in total. The maximum absolute atomic E-state index is 11.5. The molecule has 0 bridgehead atoms. The zero-order valence-corrected chi connectivity index (χ0v) is 7.88. The van der Waals surface area contributed by atoms with Crippen molar-refractivity contribution in [2.45, 2.75) is 11.4 Å². The number of nitrogens with one attached hydrogen (secondary N) is 1. The Kier molecular flexibility index (Phi) is 5.53. The van der Waals surface area contributed by atoms with Gasteiger partial charge in [-0.05, 0) is 14.1 Å². The fourth-order valence-electron chi connectivity index (χ4n) is 0.146. The molecule has 0 aromatic heterocycles. The standard InChI is InChI=1S/C2HF5O3S.C2H7N/c3-1(4,5)2(6,7)11(8,9)10;1-3-2/h(H,8,9,10);3H,1-2H3. The molecule has 0 aromatic rings. The minimum atomic E-state index is -6.42. The van der Waals surface area contributed by atoms with Gasteiger partial charge in [-0.2, -0.15) is 30.4 Å². The molecule has 0 aliphatic carbocycles. The predicted octanol–water partition coefficient (Wildman–Crippen LogP) is 0.865. The third-order valence-corrected chi connectivity index (χ3v) is 1.53. The molecule has 0 aliphatic rings. The van der Waals surface area contributed by atoms with Crippen molar-refractivity contribution in [3.8, 4) is 0 Å². The lowest BCUT2D eigenvalue weighted by Gasteiger charge is -2.15. The van der Waals surface area contributed by atoms with Crippen LogP contribution in [-0.2, 0) is 10.1 Å². The van der Waals surface area contributed by atoms with Gasteiger partial charge in [0.1, 0.15) is 0 Å². The first-order valence-electron chi connectivity index (χ1n) is 2.91. The summed E-state index contributed by atoms with van der Waals surface area (Å²) in [6.45, 7) is 0. The Hall–Kier alpha value is -0.480. The van der Waals surface area contributed by atoms with Crippen molar-refractivity contribution in [3.05, 3.63) is 0 Å². The molecule has 0 saturated heterocycles. The fraction of sp³-hybridized carbons (Fsp3) is 1.00. The Labute approximate surface area is 76.8 Å². The van der Waals surface area contributed by atoms with Crippen molar-refractivity contribution in [3.63, 3.8) is 0 Å². The van der Waals surface area contributed by atoms with E-state index in [1.165, 1.54) is 0 Å². The first-order chi connectivity index (χ1) is 5.91. The average molecular weight is 245 g/mol. The molecule has 2 N–H and O–H groups in total. The number of alkyl halides is 5. The quantitative estimate of drug-likeness (QED) is 0.531. The van der Waals surface area contributed by atoms with Crippen molar-refractivity contribution >= 4 is 10.1 Å². The maximum Gasteiger partial charge on any atom is 0.472 e. The topological polar surface area (TPSA) is 66.4 Å². The summed E-state index contributed by atoms with van der Waals surface area (Å²) in [5.74, 6) is 0. The van der Waals surface area contributed by atoms with Gasteiger partial charge in [0.05, 0.1) is 0 Å². The summed E-state index contributed by atoms with van der Waals surface area (Å²) in [4.78, 5) is 0. The summed E-state index contributed by atoms with van der Waals surface area (Å²) in [7, 11) is -2.67. The van der Waals surface area contributed by atoms with Crippen LogP contribution in [0.2, 0.25) is 0 Å². The van der Waals surface area contributed by atoms with Gasteiger partial charge in [0.15, 0.2) is 0 Å². The lowest BCUT2D eigenvalue weighted by atomic mass is 10.7. The van der Waals surface area contributed by atoms with E-state index in [0.717, 1.165) is 0 Å². The van der Waals surface area contributed by atoms with Crippen LogP contribution in [0.15, 0.2) is 0 Å². The summed E-state index contributed by atoms with van der Waals surface area (Å²) in [5.41, 5.74) is 0. The summed E-state index contributed by atoms with van der Waals surface area (Å²) >= 11 is 0. The molecule has 0 unspecified atom stereocenters. The van der Waals surface area contributed by atoms with Gasteiger partial charge in [-0.25, -0.2) is 0 Å². The molecule has 0 heterocycles. The molecule has 10 heteroatoms. The monoisotopic (exact) mass is 245 g/mol. The van der Waals surface area contributed by atoms with E-state index in [1.54, 1.807) is 0 Å². The van der Waals surface area contributed by atoms with Crippen molar-refractivity contribution in [2.75, 3.05) is 14.1 Å². The Morgan fingerprint density at radius 3 is 1.29 bits per heavy atom. The van der Waals surface area contributed by atoms with E-state index in [-0.39, 0.29) is 0 Å². The van der Waals surface area contributed by atoms with Crippen LogP contribution in [0.4, 0.5) is 22.0 Å². The van der Waals surface area contributed by atoms with Gasteiger partial charge in [0, 0.05) is 0 Å². The van der Waals surface area contributed by atoms with Crippen LogP contribution in [0.1, 0.15) is 0 Å². The van der Waals surface area contributed by atoms with Crippen LogP contribution in [0.3, 0.4) is 0 Å². The van der Waals surface area contributed by atoms with Crippen LogP contribution in [0.5, 0.6) is 0 Å². The molecule has 88 valence electrons. The average Bonchev–Trinajstić information content (AvgIpc) is 1.83. The molecule has 0 aromatic carbocycles. The molecule has 0 aliphatic heterocycles. The second-order valence-corrected chi connectivity index (χ2v) is 3.45. The Balaban J connectivity index is 0. The highest BCUT2D eigenvalue weighted by Gasteiger charge is 2.67. The number of halogens is 5. The van der Waals surface area contributed by atoms with E-state index in [1.807, 2.05) is 14.1 Å². The largest absolute Gasteiger partial charge is 0.472 e. The minimum absolute atomic E-state index is 1.88. The Bertz CT molecular complexity index is 259. The van der Waals surface area contributed by atoms with Gasteiger partial charge in [0.2, 0.25) is 0 Å². The fourth-order valence-corrected chi connectivity index (χ4v) is 0.439. The zero-order valence-electron chi connectivity index (χ0n) is 7.06. The van der Waals surface area contributed by atoms with Crippen LogP contribution >= 0.6 is 0 Å². The summed E-state index contributed by atoms with van der Waals surface area (Å²) in [6.07, 6.45) is -6.29. The van der Waals surface area contributed by atoms with Crippen molar-refractivity contribution in [1.29, 1.82) is 0 Å². The highest BCUT2D eigenvalue weighted by molar-refractivity contribution is 7.86. The maximum atomic E-state index is 11.5. The highest BCUT2D eigenvalue weighted by atomic mass is 32.2. The Morgan fingerprint density at radius 1 is 1.07 bits per heavy atom. The molecule has 0 rings (SSSR count). The molecule has 0 amide bonds. The van der Waals surface area contributed by atoms with Gasteiger partial charge >= 0.3 is 21.5 Å². The lowest BCUT2D eigenvalue weighted by molar-refractivity contribution is -0.243. The van der Waals surface area contributed by atoms with Crippen molar-refractivity contribution in [2.24, 2.45) is 0 Å². The smallest absolute Gasteiger partial charge is 0.323 e. The lowest BCUT2D eigenvalue weighted by Crippen LogP contribution is -2.43. The summed E-state index contributed by atoms with van der Waals surface area (Å²) in [6, 6.07) is 0. The normalized spacial score (nSPS) is 13.1. The molecular formula is C4H8F5NO3S. The van der Waals surface area contributed by atoms with Gasteiger partial charge in [-0.15, -0.1) is 0 Å². The predicted molar refractivity (Wildman–Crippen MR) is 37.5 cm³/mol. The van der Waals surface area contributed by atoms with Gasteiger partial charge < -0.3 is 5.32 Å². The van der Waals surface area contributed by atoms with E-state index in [0.29, 0.717) is 0 Å². The van der Waals surface area contributed by atoms with Crippen molar-refractivity contribution < 1.29 is 34.9 Å². The first-order valence-corrected chi connectivity index (χ1v) is 4.36. The second kappa shape index (κ2) is 4.84. The third-order valence-electron chi connectivity index (χ3n) is 0.654. The van der Waals surface area contributed by atoms with Gasteiger partial charge in [0.25, 0.3) is 0 Å². The van der Waals surface area contributed by atoms with Crippen LogP contribution < -0.4 is 5.32 Å². The van der Waals surface area contributed by atoms with Crippen molar-refractivity contribution in [1.82, 2.24) is 5.32 Å². The molecule has 0 fully saturated rings. The number of hydrogen-bond acceptors (Lipinski definition) is 3.